The van der Waals surface area contributed by atoms with Crippen molar-refractivity contribution in [3.63, 3.8) is 0 Å². The van der Waals surface area contributed by atoms with Crippen molar-refractivity contribution in [1.29, 1.82) is 5.26 Å². The number of nitriles is 1. The zero-order valence-electron chi connectivity index (χ0n) is 12.1. The van der Waals surface area contributed by atoms with Gasteiger partial charge in [0.15, 0.2) is 0 Å². The predicted octanol–water partition coefficient (Wildman–Crippen LogP) is 0.711. The van der Waals surface area contributed by atoms with Crippen molar-refractivity contribution in [3.05, 3.63) is 23.5 Å². The van der Waals surface area contributed by atoms with Crippen LogP contribution in [0.15, 0.2) is 12.3 Å². The van der Waals surface area contributed by atoms with Gasteiger partial charge in [-0.25, -0.2) is 0 Å². The first kappa shape index (κ1) is 15.5. The Bertz CT molecular complexity index is 506. The number of hydrogen-bond acceptors (Lipinski definition) is 4. The summed E-state index contributed by atoms with van der Waals surface area (Å²) in [6.07, 6.45) is 4.65. The number of aromatic amines is 1. The Hall–Kier alpha value is -1.84. The van der Waals surface area contributed by atoms with Crippen LogP contribution < -0.4 is 5.32 Å². The smallest absolute Gasteiger partial charge is 0.267 e. The first-order chi connectivity index (χ1) is 10.2. The van der Waals surface area contributed by atoms with Gasteiger partial charge in [0.25, 0.3) is 5.91 Å². The molecule has 2 rings (SSSR count). The normalized spacial score (nSPS) is 19.1. The molecule has 1 saturated heterocycles. The monoisotopic (exact) mass is 290 g/mol. The van der Waals surface area contributed by atoms with E-state index in [4.69, 9.17) is 5.26 Å². The Morgan fingerprint density at radius 3 is 3.19 bits per heavy atom. The molecule has 6 heteroatoms. The molecule has 1 aromatic rings. The molecule has 0 aromatic carbocycles. The number of aliphatic hydroxyl groups is 1. The fourth-order valence-electron chi connectivity index (χ4n) is 2.69. The zero-order valence-corrected chi connectivity index (χ0v) is 12.1. The maximum absolute atomic E-state index is 11.8. The quantitative estimate of drug-likeness (QED) is 0.673. The molecule has 3 N–H and O–H groups in total. The number of likely N-dealkylation sites (tertiary alicyclic amines) is 1. The maximum Gasteiger partial charge on any atom is 0.267 e. The Labute approximate surface area is 124 Å². The van der Waals surface area contributed by atoms with Crippen LogP contribution in [0.25, 0.3) is 0 Å². The van der Waals surface area contributed by atoms with Crippen molar-refractivity contribution in [2.24, 2.45) is 5.92 Å². The second-order valence-electron chi connectivity index (χ2n) is 5.51. The highest BCUT2D eigenvalue weighted by atomic mass is 16.3. The topological polar surface area (TPSA) is 92.1 Å². The van der Waals surface area contributed by atoms with Crippen LogP contribution in [0.4, 0.5) is 0 Å². The molecule has 1 amide bonds. The van der Waals surface area contributed by atoms with Gasteiger partial charge in [0, 0.05) is 25.9 Å². The number of aliphatic hydroxyl groups excluding tert-OH is 1. The van der Waals surface area contributed by atoms with Crippen molar-refractivity contribution >= 4 is 5.91 Å². The summed E-state index contributed by atoms with van der Waals surface area (Å²) < 4.78 is 0. The fraction of sp³-hybridized carbons (Fsp3) is 0.600. The van der Waals surface area contributed by atoms with Gasteiger partial charge in [-0.1, -0.05) is 0 Å². The third-order valence-electron chi connectivity index (χ3n) is 3.85. The van der Waals surface area contributed by atoms with E-state index in [1.54, 1.807) is 6.07 Å². The molecule has 0 saturated carbocycles. The van der Waals surface area contributed by atoms with E-state index in [9.17, 15) is 9.90 Å². The van der Waals surface area contributed by atoms with Crippen molar-refractivity contribution in [3.8, 4) is 6.07 Å². The first-order valence-electron chi connectivity index (χ1n) is 7.43. The molecule has 1 aliphatic rings. The minimum Gasteiger partial charge on any atom is -0.396 e. The summed E-state index contributed by atoms with van der Waals surface area (Å²) >= 11 is 0. The lowest BCUT2D eigenvalue weighted by Gasteiger charge is -2.31. The van der Waals surface area contributed by atoms with Gasteiger partial charge in [0.1, 0.15) is 11.8 Å². The number of amides is 1. The first-order valence-corrected chi connectivity index (χ1v) is 7.43. The highest BCUT2D eigenvalue weighted by molar-refractivity contribution is 5.92. The highest BCUT2D eigenvalue weighted by Crippen LogP contribution is 2.15. The number of carbonyl (C=O) groups is 1. The molecule has 0 bridgehead atoms. The number of nitrogens with one attached hydrogen (secondary N) is 2. The average molecular weight is 290 g/mol. The molecule has 0 aliphatic carbocycles. The van der Waals surface area contributed by atoms with Crippen LogP contribution in [-0.2, 0) is 0 Å². The molecular weight excluding hydrogens is 268 g/mol. The number of carbonyl (C=O) groups excluding carboxylic acids is 1. The van der Waals surface area contributed by atoms with Crippen molar-refractivity contribution < 1.29 is 9.90 Å². The second kappa shape index (κ2) is 7.81. The molecule has 1 aliphatic heterocycles. The van der Waals surface area contributed by atoms with Gasteiger partial charge in [0.2, 0.25) is 0 Å². The third kappa shape index (κ3) is 4.59. The molecule has 1 atom stereocenters. The van der Waals surface area contributed by atoms with Gasteiger partial charge < -0.3 is 20.3 Å². The number of nitrogens with zero attached hydrogens (tertiary/aromatic N) is 2. The number of H-pyrrole nitrogens is 1. The molecule has 0 spiro atoms. The molecule has 2 heterocycles. The maximum atomic E-state index is 11.8. The van der Waals surface area contributed by atoms with E-state index >= 15 is 0 Å². The van der Waals surface area contributed by atoms with Crippen molar-refractivity contribution in [2.45, 2.75) is 19.3 Å². The number of hydrogen-bond donors (Lipinski definition) is 3. The van der Waals surface area contributed by atoms with E-state index in [-0.39, 0.29) is 12.5 Å². The Morgan fingerprint density at radius 1 is 1.62 bits per heavy atom. The summed E-state index contributed by atoms with van der Waals surface area (Å²) in [5.41, 5.74) is 0.883. The summed E-state index contributed by atoms with van der Waals surface area (Å²) in [5.74, 6) is 0.222. The summed E-state index contributed by atoms with van der Waals surface area (Å²) in [5, 5.41) is 20.7. The molecule has 0 radical (unpaired) electrons. The van der Waals surface area contributed by atoms with Crippen LogP contribution in [0.1, 0.15) is 35.3 Å². The predicted molar refractivity (Wildman–Crippen MR) is 78.7 cm³/mol. The lowest BCUT2D eigenvalue weighted by molar-refractivity contribution is 0.0942. The molecular formula is C15H22N4O2. The Morgan fingerprint density at radius 2 is 2.48 bits per heavy atom. The summed E-state index contributed by atoms with van der Waals surface area (Å²) in [6.45, 7) is 3.84. The molecule has 6 nitrogen and oxygen atoms in total. The lowest BCUT2D eigenvalue weighted by Crippen LogP contribution is -2.38. The van der Waals surface area contributed by atoms with Gasteiger partial charge in [-0.3, -0.25) is 4.79 Å². The molecule has 1 aromatic heterocycles. The molecule has 1 fully saturated rings. The van der Waals surface area contributed by atoms with E-state index in [2.05, 4.69) is 15.2 Å². The van der Waals surface area contributed by atoms with E-state index in [1.807, 2.05) is 6.07 Å². The minimum absolute atomic E-state index is 0.177. The largest absolute Gasteiger partial charge is 0.396 e. The van der Waals surface area contributed by atoms with Crippen LogP contribution in [0.2, 0.25) is 0 Å². The lowest BCUT2D eigenvalue weighted by atomic mass is 9.99. The molecule has 0 unspecified atom stereocenters. The van der Waals surface area contributed by atoms with Gasteiger partial charge in [-0.15, -0.1) is 0 Å². The van der Waals surface area contributed by atoms with Crippen LogP contribution in [0, 0.1) is 17.2 Å². The highest BCUT2D eigenvalue weighted by Gasteiger charge is 2.18. The van der Waals surface area contributed by atoms with Crippen molar-refractivity contribution in [2.75, 3.05) is 32.8 Å². The van der Waals surface area contributed by atoms with Gasteiger partial charge >= 0.3 is 0 Å². The number of piperidine rings is 1. The number of rotatable bonds is 6. The van der Waals surface area contributed by atoms with E-state index < -0.39 is 0 Å². The Balaban J connectivity index is 1.65. The van der Waals surface area contributed by atoms with E-state index in [0.29, 0.717) is 23.7 Å². The van der Waals surface area contributed by atoms with E-state index in [0.717, 1.165) is 38.9 Å². The van der Waals surface area contributed by atoms with Crippen LogP contribution in [0.3, 0.4) is 0 Å². The minimum atomic E-state index is -0.177. The molecule has 21 heavy (non-hydrogen) atoms. The van der Waals surface area contributed by atoms with Gasteiger partial charge in [-0.05, 0) is 44.3 Å². The van der Waals surface area contributed by atoms with Crippen LogP contribution in [0.5, 0.6) is 0 Å². The standard InChI is InChI=1S/C15H22N4O2/c16-8-13-7-14(18-9-13)15(21)17-4-2-6-19-5-1-3-12(10-19)11-20/h7,9,12,18,20H,1-6,10-11H2,(H,17,21)/t12-/m0/s1. The third-order valence-corrected chi connectivity index (χ3v) is 3.85. The summed E-state index contributed by atoms with van der Waals surface area (Å²) in [7, 11) is 0. The summed E-state index contributed by atoms with van der Waals surface area (Å²) in [6, 6.07) is 3.53. The van der Waals surface area contributed by atoms with Gasteiger partial charge in [-0.2, -0.15) is 5.26 Å². The Kier molecular flexibility index (Phi) is 5.78. The number of aromatic nitrogens is 1. The fourth-order valence-corrected chi connectivity index (χ4v) is 2.69. The van der Waals surface area contributed by atoms with Crippen LogP contribution in [-0.4, -0.2) is 53.7 Å². The van der Waals surface area contributed by atoms with Crippen LogP contribution >= 0.6 is 0 Å². The van der Waals surface area contributed by atoms with Gasteiger partial charge in [0.05, 0.1) is 5.56 Å². The van der Waals surface area contributed by atoms with Crippen molar-refractivity contribution in [1.82, 2.24) is 15.2 Å². The molecule has 114 valence electrons. The second-order valence-corrected chi connectivity index (χ2v) is 5.51. The SMILES string of the molecule is N#Cc1c[nH]c(C(=O)NCCCN2CCC[C@H](CO)C2)c1. The summed E-state index contributed by atoms with van der Waals surface area (Å²) in [4.78, 5) is 17.0. The zero-order chi connectivity index (χ0) is 15.1. The average Bonchev–Trinajstić information content (AvgIpc) is 3.00. The van der Waals surface area contributed by atoms with E-state index in [1.165, 1.54) is 6.20 Å².